The third-order valence-electron chi connectivity index (χ3n) is 4.90. The van der Waals surface area contributed by atoms with Gasteiger partial charge in [0.2, 0.25) is 0 Å². The fourth-order valence-electron chi connectivity index (χ4n) is 4.56. The maximum absolute atomic E-state index is 4.56. The Morgan fingerprint density at radius 3 is 0.818 bits per heavy atom. The molecule has 0 heterocycles. The molecule has 22 heavy (non-hydrogen) atoms. The van der Waals surface area contributed by atoms with Crippen molar-refractivity contribution in [3.8, 4) is 0 Å². The summed E-state index contributed by atoms with van der Waals surface area (Å²) in [5.41, 5.74) is 0. The molecule has 0 aliphatic heterocycles. The van der Waals surface area contributed by atoms with Crippen molar-refractivity contribution in [1.82, 2.24) is 4.65 Å². The number of hydrogen-bond donors (Lipinski definition) is 1. The van der Waals surface area contributed by atoms with Gasteiger partial charge >= 0.3 is 51.4 Å². The van der Waals surface area contributed by atoms with Gasteiger partial charge in [0.15, 0.2) is 0 Å². The molecule has 0 atom stereocenters. The van der Waals surface area contributed by atoms with Crippen molar-refractivity contribution in [2.45, 2.75) is 116 Å². The van der Waals surface area contributed by atoms with Gasteiger partial charge in [-0.3, -0.25) is 0 Å². The smallest absolute Gasteiger partial charge is 1.00 e. The third kappa shape index (κ3) is 9.50. The van der Waals surface area contributed by atoms with Gasteiger partial charge < -0.3 is 6.07 Å². The first kappa shape index (κ1) is 26.3. The van der Waals surface area contributed by atoms with E-state index in [0.29, 0.717) is 0 Å². The predicted octanol–water partition coefficient (Wildman–Crippen LogP) is 4.04. The van der Waals surface area contributed by atoms with Gasteiger partial charge in [0, 0.05) is 0 Å². The van der Waals surface area contributed by atoms with Crippen molar-refractivity contribution < 1.29 is 52.8 Å². The zero-order chi connectivity index (χ0) is 16.2. The Bertz CT molecular complexity index is 197. The van der Waals surface area contributed by atoms with Gasteiger partial charge in [-0.15, -0.1) is 0 Å². The van der Waals surface area contributed by atoms with Gasteiger partial charge in [-0.2, -0.15) is 0 Å². The SMILES string of the molecule is CCC[Si](CCC)(CCC)N[Si](CCC)(CCC)CCC.[H-].[K+]. The zero-order valence-electron chi connectivity index (χ0n) is 18.0. The Kier molecular flexibility index (Phi) is 18.3. The summed E-state index contributed by atoms with van der Waals surface area (Å²) in [5.74, 6) is 0. The molecule has 0 saturated carbocycles. The van der Waals surface area contributed by atoms with Gasteiger partial charge in [-0.05, 0) is 36.3 Å². The molecule has 0 spiro atoms. The standard InChI is InChI=1S/C18H43NSi2.K.H/c1-7-13-20(14-8-2,15-9-3)19-21(16-10-4,17-11-5)18-12-6;;/h19H,7-18H2,1-6H3;;/q;+1;-1. The summed E-state index contributed by atoms with van der Waals surface area (Å²) in [6.45, 7) is 14.4. The van der Waals surface area contributed by atoms with Gasteiger partial charge in [0.25, 0.3) is 0 Å². The van der Waals surface area contributed by atoms with E-state index < -0.39 is 16.5 Å². The molecule has 0 saturated heterocycles. The second-order valence-corrected chi connectivity index (χ2v) is 16.3. The van der Waals surface area contributed by atoms with Crippen LogP contribution in [0.5, 0.6) is 0 Å². The van der Waals surface area contributed by atoms with E-state index in [4.69, 9.17) is 0 Å². The molecular weight excluding hydrogens is 325 g/mol. The Morgan fingerprint density at radius 2 is 0.682 bits per heavy atom. The van der Waals surface area contributed by atoms with E-state index in [-0.39, 0.29) is 52.8 Å². The molecule has 1 nitrogen and oxygen atoms in total. The molecule has 4 heteroatoms. The summed E-state index contributed by atoms with van der Waals surface area (Å²) in [7, 11) is -2.46. The van der Waals surface area contributed by atoms with E-state index in [9.17, 15) is 0 Å². The molecule has 0 unspecified atom stereocenters. The molecular formula is C18H44KNSi2. The van der Waals surface area contributed by atoms with Crippen LogP contribution in [0.15, 0.2) is 0 Å². The summed E-state index contributed by atoms with van der Waals surface area (Å²) in [6.07, 6.45) is 8.30. The van der Waals surface area contributed by atoms with Crippen LogP contribution in [0.25, 0.3) is 0 Å². The average molecular weight is 370 g/mol. The Balaban J connectivity index is -0.00000200. The van der Waals surface area contributed by atoms with Crippen LogP contribution in [0.1, 0.15) is 81.5 Å². The topological polar surface area (TPSA) is 12.0 Å². The van der Waals surface area contributed by atoms with E-state index in [0.717, 1.165) is 0 Å². The molecule has 0 aromatic carbocycles. The van der Waals surface area contributed by atoms with Gasteiger partial charge in [-0.25, -0.2) is 0 Å². The molecule has 0 aromatic heterocycles. The van der Waals surface area contributed by atoms with Crippen molar-refractivity contribution in [3.05, 3.63) is 0 Å². The molecule has 1 N–H and O–H groups in total. The first-order chi connectivity index (χ1) is 10.1. The zero-order valence-corrected chi connectivity index (χ0v) is 22.1. The third-order valence-corrected chi connectivity index (χ3v) is 17.9. The molecule has 0 aliphatic rings. The minimum atomic E-state index is -1.23. The summed E-state index contributed by atoms with van der Waals surface area (Å²) < 4.78 is 4.56. The second kappa shape index (κ2) is 15.3. The predicted molar refractivity (Wildman–Crippen MR) is 106 cm³/mol. The minimum absolute atomic E-state index is 0. The van der Waals surface area contributed by atoms with Crippen molar-refractivity contribution in [3.63, 3.8) is 0 Å². The van der Waals surface area contributed by atoms with Crippen molar-refractivity contribution in [2.75, 3.05) is 0 Å². The van der Waals surface area contributed by atoms with Crippen LogP contribution in [0.4, 0.5) is 0 Å². The molecule has 0 rings (SSSR count). The Labute approximate surface area is 188 Å². The van der Waals surface area contributed by atoms with Gasteiger partial charge in [0.05, 0.1) is 0 Å². The molecule has 0 fully saturated rings. The maximum Gasteiger partial charge on any atom is 1.00 e. The van der Waals surface area contributed by atoms with Gasteiger partial charge in [0.1, 0.15) is 16.5 Å². The largest absolute Gasteiger partial charge is 1.00 e. The van der Waals surface area contributed by atoms with Gasteiger partial charge in [-0.1, -0.05) is 80.1 Å². The number of nitrogens with one attached hydrogen (secondary N) is 1. The molecule has 0 amide bonds. The van der Waals surface area contributed by atoms with E-state index in [1.54, 1.807) is 0 Å². The van der Waals surface area contributed by atoms with Crippen molar-refractivity contribution in [2.24, 2.45) is 0 Å². The maximum atomic E-state index is 4.56. The summed E-state index contributed by atoms with van der Waals surface area (Å²) in [5, 5.41) is 0. The summed E-state index contributed by atoms with van der Waals surface area (Å²) in [6, 6.07) is 9.09. The average Bonchev–Trinajstić information content (AvgIpc) is 2.40. The van der Waals surface area contributed by atoms with Crippen LogP contribution in [-0.2, 0) is 0 Å². The van der Waals surface area contributed by atoms with Crippen LogP contribution in [0.2, 0.25) is 36.3 Å². The number of hydrogen-bond acceptors (Lipinski definition) is 1. The number of rotatable bonds is 14. The van der Waals surface area contributed by atoms with Crippen LogP contribution >= 0.6 is 0 Å². The monoisotopic (exact) mass is 369 g/mol. The fourth-order valence-corrected chi connectivity index (χ4v) is 19.3. The normalized spacial score (nSPS) is 12.3. The first-order valence-electron chi connectivity index (χ1n) is 9.86. The van der Waals surface area contributed by atoms with Crippen LogP contribution < -0.4 is 56.0 Å². The van der Waals surface area contributed by atoms with E-state index in [2.05, 4.69) is 46.2 Å². The van der Waals surface area contributed by atoms with Crippen LogP contribution in [0, 0.1) is 0 Å². The first-order valence-corrected chi connectivity index (χ1v) is 15.1. The van der Waals surface area contributed by atoms with E-state index in [1.807, 2.05) is 0 Å². The molecule has 0 bridgehead atoms. The Hall–Kier alpha value is 2.03. The minimum Gasteiger partial charge on any atom is -1.00 e. The quantitative estimate of drug-likeness (QED) is 0.456. The molecule has 0 aromatic rings. The van der Waals surface area contributed by atoms with Crippen molar-refractivity contribution in [1.29, 1.82) is 0 Å². The molecule has 130 valence electrons. The fraction of sp³-hybridized carbons (Fsp3) is 1.00. The molecule has 0 radical (unpaired) electrons. The van der Waals surface area contributed by atoms with E-state index in [1.165, 1.54) is 74.8 Å². The van der Waals surface area contributed by atoms with Crippen LogP contribution in [0.3, 0.4) is 0 Å². The molecule has 0 aliphatic carbocycles. The van der Waals surface area contributed by atoms with E-state index >= 15 is 0 Å². The summed E-state index contributed by atoms with van der Waals surface area (Å²) in [4.78, 5) is 0. The van der Waals surface area contributed by atoms with Crippen LogP contribution in [-0.4, -0.2) is 16.5 Å². The Morgan fingerprint density at radius 1 is 0.500 bits per heavy atom. The second-order valence-electron chi connectivity index (χ2n) is 7.19. The summed E-state index contributed by atoms with van der Waals surface area (Å²) >= 11 is 0. The van der Waals surface area contributed by atoms with Crippen molar-refractivity contribution >= 4 is 16.5 Å².